The molecule has 2 heterocycles. The van der Waals surface area contributed by atoms with Crippen LogP contribution in [-0.4, -0.2) is 45.1 Å². The maximum absolute atomic E-state index is 12.3. The third-order valence-corrected chi connectivity index (χ3v) is 4.86. The predicted octanol–water partition coefficient (Wildman–Crippen LogP) is -0.163. The topological polar surface area (TPSA) is 92.2 Å². The summed E-state index contributed by atoms with van der Waals surface area (Å²) in [5, 5.41) is 5.64. The van der Waals surface area contributed by atoms with E-state index in [1.807, 2.05) is 0 Å². The van der Waals surface area contributed by atoms with Crippen molar-refractivity contribution in [2.75, 3.05) is 20.1 Å². The summed E-state index contributed by atoms with van der Waals surface area (Å²) in [4.78, 5) is 11.7. The molecule has 0 saturated carbocycles. The van der Waals surface area contributed by atoms with Crippen LogP contribution in [0.4, 0.5) is 0 Å². The van der Waals surface area contributed by atoms with Gasteiger partial charge < -0.3 is 15.2 Å². The highest BCUT2D eigenvalue weighted by molar-refractivity contribution is 7.89. The van der Waals surface area contributed by atoms with Crippen LogP contribution in [0.25, 0.3) is 0 Å². The van der Waals surface area contributed by atoms with Gasteiger partial charge in [0.15, 0.2) is 0 Å². The fourth-order valence-corrected chi connectivity index (χ4v) is 3.61. The number of hydrogen-bond donors (Lipinski definition) is 3. The van der Waals surface area contributed by atoms with E-state index in [1.54, 1.807) is 7.05 Å². The molecule has 1 atom stereocenters. The van der Waals surface area contributed by atoms with Crippen molar-refractivity contribution in [1.82, 2.24) is 19.9 Å². The highest BCUT2D eigenvalue weighted by Crippen LogP contribution is 2.15. The van der Waals surface area contributed by atoms with Gasteiger partial charge in [0.25, 0.3) is 5.91 Å². The highest BCUT2D eigenvalue weighted by Gasteiger charge is 2.24. The minimum absolute atomic E-state index is 0. The van der Waals surface area contributed by atoms with E-state index in [0.717, 1.165) is 19.4 Å². The monoisotopic (exact) mass is 336 g/mol. The minimum atomic E-state index is -3.59. The van der Waals surface area contributed by atoms with Crippen molar-refractivity contribution in [3.8, 4) is 0 Å². The van der Waals surface area contributed by atoms with Crippen molar-refractivity contribution in [2.45, 2.75) is 23.8 Å². The molecule has 120 valence electrons. The van der Waals surface area contributed by atoms with Gasteiger partial charge in [-0.3, -0.25) is 4.79 Å². The molecule has 9 heteroatoms. The standard InChI is InChI=1S/C12H20N4O3S.ClH/c1-13-12(17)11-6-10(8-16(11)2)20(18,19)15-9-4-3-5-14-7-9;/h6,8-9,14-15H,3-5,7H2,1-2H3,(H,13,17);1H/t9-;/m1./s1. The summed E-state index contributed by atoms with van der Waals surface area (Å²) in [5.74, 6) is -0.312. The van der Waals surface area contributed by atoms with Gasteiger partial charge in [0, 0.05) is 32.9 Å². The predicted molar refractivity (Wildman–Crippen MR) is 82.3 cm³/mol. The SMILES string of the molecule is CNC(=O)c1cc(S(=O)(=O)N[C@@H]2CCCNC2)cn1C.Cl. The van der Waals surface area contributed by atoms with E-state index in [1.165, 1.54) is 23.9 Å². The fraction of sp³-hybridized carbons (Fsp3) is 0.583. The number of nitrogens with zero attached hydrogens (tertiary/aromatic N) is 1. The van der Waals surface area contributed by atoms with Crippen molar-refractivity contribution in [1.29, 1.82) is 0 Å². The molecule has 21 heavy (non-hydrogen) atoms. The number of amides is 1. The van der Waals surface area contributed by atoms with Crippen molar-refractivity contribution in [3.63, 3.8) is 0 Å². The summed E-state index contributed by atoms with van der Waals surface area (Å²) in [6, 6.07) is 1.29. The average molecular weight is 337 g/mol. The van der Waals surface area contributed by atoms with Gasteiger partial charge in [-0.25, -0.2) is 13.1 Å². The largest absolute Gasteiger partial charge is 0.354 e. The molecule has 0 aliphatic carbocycles. The highest BCUT2D eigenvalue weighted by atomic mass is 35.5. The Labute approximate surface area is 130 Å². The van der Waals surface area contributed by atoms with Gasteiger partial charge in [0.1, 0.15) is 10.6 Å². The van der Waals surface area contributed by atoms with Gasteiger partial charge in [-0.2, -0.15) is 0 Å². The molecule has 1 amide bonds. The van der Waals surface area contributed by atoms with Crippen LogP contribution in [0.15, 0.2) is 17.2 Å². The number of piperidine rings is 1. The molecule has 1 aliphatic rings. The molecular formula is C12H21ClN4O3S. The van der Waals surface area contributed by atoms with Crippen molar-refractivity contribution >= 4 is 28.3 Å². The van der Waals surface area contributed by atoms with Gasteiger partial charge in [-0.15, -0.1) is 12.4 Å². The summed E-state index contributed by atoms with van der Waals surface area (Å²) in [7, 11) is -0.440. The molecule has 1 aromatic rings. The summed E-state index contributed by atoms with van der Waals surface area (Å²) in [6.07, 6.45) is 3.22. The Morgan fingerprint density at radius 1 is 1.48 bits per heavy atom. The minimum Gasteiger partial charge on any atom is -0.354 e. The van der Waals surface area contributed by atoms with E-state index in [-0.39, 0.29) is 29.3 Å². The number of aryl methyl sites for hydroxylation is 1. The van der Waals surface area contributed by atoms with Gasteiger partial charge in [-0.1, -0.05) is 0 Å². The molecule has 0 spiro atoms. The van der Waals surface area contributed by atoms with E-state index in [4.69, 9.17) is 0 Å². The van der Waals surface area contributed by atoms with Gasteiger partial charge in [0.05, 0.1) is 0 Å². The summed E-state index contributed by atoms with van der Waals surface area (Å²) < 4.78 is 28.8. The number of aromatic nitrogens is 1. The second-order valence-electron chi connectivity index (χ2n) is 4.92. The van der Waals surface area contributed by atoms with Crippen molar-refractivity contribution in [2.24, 2.45) is 7.05 Å². The van der Waals surface area contributed by atoms with E-state index >= 15 is 0 Å². The molecule has 7 nitrogen and oxygen atoms in total. The quantitative estimate of drug-likeness (QED) is 0.712. The smallest absolute Gasteiger partial charge is 0.267 e. The number of halogens is 1. The lowest BCUT2D eigenvalue weighted by molar-refractivity contribution is 0.0955. The number of carbonyl (C=O) groups is 1. The maximum Gasteiger partial charge on any atom is 0.267 e. The van der Waals surface area contributed by atoms with E-state index in [2.05, 4.69) is 15.4 Å². The Kier molecular flexibility index (Phi) is 6.21. The van der Waals surface area contributed by atoms with Crippen LogP contribution in [0.3, 0.4) is 0 Å². The molecular weight excluding hydrogens is 316 g/mol. The van der Waals surface area contributed by atoms with Crippen LogP contribution < -0.4 is 15.4 Å². The number of rotatable bonds is 4. The van der Waals surface area contributed by atoms with Crippen LogP contribution in [0.2, 0.25) is 0 Å². The molecule has 1 saturated heterocycles. The first kappa shape index (κ1) is 18.0. The summed E-state index contributed by atoms with van der Waals surface area (Å²) in [5.41, 5.74) is 0.314. The van der Waals surface area contributed by atoms with Crippen LogP contribution in [0.1, 0.15) is 23.3 Å². The Bertz CT molecular complexity index is 594. The molecule has 1 aromatic heterocycles. The summed E-state index contributed by atoms with van der Waals surface area (Å²) in [6.45, 7) is 1.55. The number of sulfonamides is 1. The zero-order valence-corrected chi connectivity index (χ0v) is 13.7. The zero-order chi connectivity index (χ0) is 14.8. The van der Waals surface area contributed by atoms with Gasteiger partial charge in [-0.05, 0) is 25.5 Å². The third kappa shape index (κ3) is 4.19. The van der Waals surface area contributed by atoms with Crippen LogP contribution >= 0.6 is 12.4 Å². The van der Waals surface area contributed by atoms with Crippen molar-refractivity contribution in [3.05, 3.63) is 18.0 Å². The molecule has 3 N–H and O–H groups in total. The molecule has 1 aliphatic heterocycles. The van der Waals surface area contributed by atoms with Gasteiger partial charge in [0.2, 0.25) is 10.0 Å². The van der Waals surface area contributed by atoms with Crippen LogP contribution in [0, 0.1) is 0 Å². The van der Waals surface area contributed by atoms with Crippen LogP contribution in [-0.2, 0) is 17.1 Å². The molecule has 0 bridgehead atoms. The molecule has 0 aromatic carbocycles. The Morgan fingerprint density at radius 3 is 2.76 bits per heavy atom. The lowest BCUT2D eigenvalue weighted by Crippen LogP contribution is -2.45. The second kappa shape index (κ2) is 7.26. The Morgan fingerprint density at radius 2 is 2.19 bits per heavy atom. The first-order valence-corrected chi connectivity index (χ1v) is 8.04. The normalized spacial score (nSPS) is 18.9. The number of carbonyl (C=O) groups excluding carboxylic acids is 1. The third-order valence-electron chi connectivity index (χ3n) is 3.37. The molecule has 0 radical (unpaired) electrons. The first-order valence-electron chi connectivity index (χ1n) is 6.55. The van der Waals surface area contributed by atoms with Gasteiger partial charge >= 0.3 is 0 Å². The van der Waals surface area contributed by atoms with E-state index in [9.17, 15) is 13.2 Å². The fourth-order valence-electron chi connectivity index (χ4n) is 2.27. The van der Waals surface area contributed by atoms with E-state index in [0.29, 0.717) is 12.2 Å². The first-order chi connectivity index (χ1) is 9.44. The summed E-state index contributed by atoms with van der Waals surface area (Å²) >= 11 is 0. The molecule has 1 fully saturated rings. The number of nitrogens with one attached hydrogen (secondary N) is 3. The van der Waals surface area contributed by atoms with Crippen LogP contribution in [0.5, 0.6) is 0 Å². The zero-order valence-electron chi connectivity index (χ0n) is 12.0. The lowest BCUT2D eigenvalue weighted by atomic mass is 10.1. The average Bonchev–Trinajstić information content (AvgIpc) is 2.81. The number of hydrogen-bond acceptors (Lipinski definition) is 4. The van der Waals surface area contributed by atoms with Crippen molar-refractivity contribution < 1.29 is 13.2 Å². The Hall–Kier alpha value is -1.09. The maximum atomic E-state index is 12.3. The molecule has 0 unspecified atom stereocenters. The Balaban J connectivity index is 0.00000220. The van der Waals surface area contributed by atoms with E-state index < -0.39 is 10.0 Å². The second-order valence-corrected chi connectivity index (χ2v) is 6.63. The lowest BCUT2D eigenvalue weighted by Gasteiger charge is -2.23. The molecule has 2 rings (SSSR count).